The van der Waals surface area contributed by atoms with E-state index in [-0.39, 0.29) is 0 Å². The molecule has 1 saturated heterocycles. The van der Waals surface area contributed by atoms with Gasteiger partial charge in [-0.05, 0) is 34.7 Å². The third-order valence-corrected chi connectivity index (χ3v) is 4.79. The van der Waals surface area contributed by atoms with Crippen molar-refractivity contribution < 1.29 is 4.79 Å². The molecule has 2 heterocycles. The summed E-state index contributed by atoms with van der Waals surface area (Å²) in [5, 5.41) is 7.99. The Bertz CT molecular complexity index is 391. The van der Waals surface area contributed by atoms with Crippen LogP contribution in [0.3, 0.4) is 0 Å². The minimum atomic E-state index is 0.301. The van der Waals surface area contributed by atoms with Crippen LogP contribution in [0.5, 0.6) is 0 Å². The molecule has 1 N–H and O–H groups in total. The van der Waals surface area contributed by atoms with Crippen molar-refractivity contribution in [2.45, 2.75) is 45.7 Å². The molecule has 0 spiro atoms. The second kappa shape index (κ2) is 7.06. The summed E-state index contributed by atoms with van der Waals surface area (Å²) < 4.78 is 0. The highest BCUT2D eigenvalue weighted by Gasteiger charge is 2.29. The van der Waals surface area contributed by atoms with Crippen LogP contribution in [-0.2, 0) is 11.3 Å². The highest BCUT2D eigenvalue weighted by atomic mass is 32.1. The van der Waals surface area contributed by atoms with Gasteiger partial charge < -0.3 is 10.2 Å². The molecule has 4 heteroatoms. The molecule has 1 fully saturated rings. The first-order valence-corrected chi connectivity index (χ1v) is 8.21. The Morgan fingerprint density at radius 3 is 3.00 bits per heavy atom. The number of rotatable bonds is 5. The van der Waals surface area contributed by atoms with Crippen LogP contribution in [0, 0.1) is 5.92 Å². The fourth-order valence-electron chi connectivity index (χ4n) is 2.81. The van der Waals surface area contributed by atoms with E-state index in [1.54, 1.807) is 11.3 Å². The van der Waals surface area contributed by atoms with Crippen LogP contribution in [0.2, 0.25) is 0 Å². The first kappa shape index (κ1) is 14.5. The SMILES string of the molecule is CCC(=O)N1CCC(NCc2ccsc2)C(CC)C1. The van der Waals surface area contributed by atoms with E-state index >= 15 is 0 Å². The lowest BCUT2D eigenvalue weighted by Gasteiger charge is -2.38. The highest BCUT2D eigenvalue weighted by molar-refractivity contribution is 7.07. The molecule has 2 atom stereocenters. The van der Waals surface area contributed by atoms with Gasteiger partial charge in [0.05, 0.1) is 0 Å². The van der Waals surface area contributed by atoms with Gasteiger partial charge in [0.1, 0.15) is 0 Å². The Morgan fingerprint density at radius 2 is 2.37 bits per heavy atom. The average molecular weight is 280 g/mol. The summed E-state index contributed by atoms with van der Waals surface area (Å²) in [5.74, 6) is 0.887. The van der Waals surface area contributed by atoms with E-state index in [0.29, 0.717) is 24.3 Å². The largest absolute Gasteiger partial charge is 0.342 e. The maximum Gasteiger partial charge on any atom is 0.222 e. The molecule has 106 valence electrons. The van der Waals surface area contributed by atoms with Crippen molar-refractivity contribution in [3.63, 3.8) is 0 Å². The maximum atomic E-state index is 11.8. The van der Waals surface area contributed by atoms with E-state index < -0.39 is 0 Å². The van der Waals surface area contributed by atoms with Crippen LogP contribution in [-0.4, -0.2) is 29.9 Å². The predicted octanol–water partition coefficient (Wildman–Crippen LogP) is 2.87. The molecule has 0 bridgehead atoms. The predicted molar refractivity (Wildman–Crippen MR) is 80.2 cm³/mol. The van der Waals surface area contributed by atoms with Gasteiger partial charge in [0.25, 0.3) is 0 Å². The van der Waals surface area contributed by atoms with Gasteiger partial charge in [-0.3, -0.25) is 4.79 Å². The van der Waals surface area contributed by atoms with Crippen LogP contribution < -0.4 is 5.32 Å². The Morgan fingerprint density at radius 1 is 1.53 bits per heavy atom. The number of carbonyl (C=O) groups excluding carboxylic acids is 1. The molecule has 0 radical (unpaired) electrons. The number of carbonyl (C=O) groups is 1. The zero-order chi connectivity index (χ0) is 13.7. The number of hydrogen-bond donors (Lipinski definition) is 1. The number of nitrogens with one attached hydrogen (secondary N) is 1. The van der Waals surface area contributed by atoms with Gasteiger partial charge in [0.2, 0.25) is 5.91 Å². The van der Waals surface area contributed by atoms with Crippen molar-refractivity contribution in [1.29, 1.82) is 0 Å². The Kier molecular flexibility index (Phi) is 5.40. The summed E-state index contributed by atoms with van der Waals surface area (Å²) in [6.07, 6.45) is 2.84. The Balaban J connectivity index is 1.86. The fourth-order valence-corrected chi connectivity index (χ4v) is 3.48. The molecule has 0 aromatic carbocycles. The molecule has 0 aliphatic carbocycles. The van der Waals surface area contributed by atoms with Gasteiger partial charge in [-0.25, -0.2) is 0 Å². The topological polar surface area (TPSA) is 32.3 Å². The molecule has 19 heavy (non-hydrogen) atoms. The second-order valence-electron chi connectivity index (χ2n) is 5.27. The quantitative estimate of drug-likeness (QED) is 0.899. The summed E-state index contributed by atoms with van der Waals surface area (Å²) in [4.78, 5) is 13.8. The van der Waals surface area contributed by atoms with E-state index in [9.17, 15) is 4.79 Å². The van der Waals surface area contributed by atoms with Gasteiger partial charge in [0, 0.05) is 32.1 Å². The van der Waals surface area contributed by atoms with Crippen molar-refractivity contribution in [3.05, 3.63) is 22.4 Å². The Labute approximate surface area is 120 Å². The smallest absolute Gasteiger partial charge is 0.222 e. The van der Waals surface area contributed by atoms with Crippen molar-refractivity contribution >= 4 is 17.2 Å². The number of nitrogens with zero attached hydrogens (tertiary/aromatic N) is 1. The zero-order valence-corrected chi connectivity index (χ0v) is 12.7. The minimum absolute atomic E-state index is 0.301. The lowest BCUT2D eigenvalue weighted by molar-refractivity contribution is -0.133. The van der Waals surface area contributed by atoms with Crippen molar-refractivity contribution in [2.75, 3.05) is 13.1 Å². The molecule has 3 nitrogen and oxygen atoms in total. The van der Waals surface area contributed by atoms with E-state index in [1.807, 2.05) is 11.8 Å². The molecule has 1 aliphatic heterocycles. The molecule has 0 saturated carbocycles. The van der Waals surface area contributed by atoms with Crippen LogP contribution >= 0.6 is 11.3 Å². The molecule has 2 rings (SSSR count). The van der Waals surface area contributed by atoms with E-state index in [0.717, 1.165) is 32.5 Å². The van der Waals surface area contributed by atoms with Crippen molar-refractivity contribution in [2.24, 2.45) is 5.92 Å². The first-order chi connectivity index (χ1) is 9.24. The number of thiophene rings is 1. The minimum Gasteiger partial charge on any atom is -0.342 e. The van der Waals surface area contributed by atoms with Crippen LogP contribution in [0.4, 0.5) is 0 Å². The summed E-state index contributed by atoms with van der Waals surface area (Å²) in [5.41, 5.74) is 1.37. The third kappa shape index (κ3) is 3.80. The molecule has 1 amide bonds. The molecular weight excluding hydrogens is 256 g/mol. The Hall–Kier alpha value is -0.870. The summed E-state index contributed by atoms with van der Waals surface area (Å²) in [6, 6.07) is 2.72. The number of piperidine rings is 1. The number of likely N-dealkylation sites (tertiary alicyclic amines) is 1. The van der Waals surface area contributed by atoms with E-state index in [4.69, 9.17) is 0 Å². The molecule has 1 aromatic rings. The number of amides is 1. The normalized spacial score (nSPS) is 23.6. The summed E-state index contributed by atoms with van der Waals surface area (Å²) >= 11 is 1.75. The van der Waals surface area contributed by atoms with E-state index in [1.165, 1.54) is 5.56 Å². The standard InChI is InChI=1S/C15H24N2OS/c1-3-13-10-17(15(18)4-2)7-5-14(13)16-9-12-6-8-19-11-12/h6,8,11,13-14,16H,3-5,7,9-10H2,1-2H3. The number of hydrogen-bond acceptors (Lipinski definition) is 3. The average Bonchev–Trinajstić information content (AvgIpc) is 2.97. The van der Waals surface area contributed by atoms with Gasteiger partial charge >= 0.3 is 0 Å². The monoisotopic (exact) mass is 280 g/mol. The van der Waals surface area contributed by atoms with Gasteiger partial charge in [-0.1, -0.05) is 20.3 Å². The molecule has 1 aliphatic rings. The van der Waals surface area contributed by atoms with Crippen LogP contribution in [0.1, 0.15) is 38.7 Å². The van der Waals surface area contributed by atoms with Crippen LogP contribution in [0.15, 0.2) is 16.8 Å². The first-order valence-electron chi connectivity index (χ1n) is 7.26. The lowest BCUT2D eigenvalue weighted by Crippen LogP contribution is -2.50. The molecule has 1 aromatic heterocycles. The highest BCUT2D eigenvalue weighted by Crippen LogP contribution is 2.21. The second-order valence-corrected chi connectivity index (χ2v) is 6.05. The van der Waals surface area contributed by atoms with Gasteiger partial charge in [-0.2, -0.15) is 11.3 Å². The summed E-state index contributed by atoms with van der Waals surface area (Å²) in [6.45, 7) is 6.95. The maximum absolute atomic E-state index is 11.8. The fraction of sp³-hybridized carbons (Fsp3) is 0.667. The molecule has 2 unspecified atom stereocenters. The van der Waals surface area contributed by atoms with Gasteiger partial charge in [0.15, 0.2) is 0 Å². The van der Waals surface area contributed by atoms with E-state index in [2.05, 4.69) is 29.1 Å². The zero-order valence-electron chi connectivity index (χ0n) is 11.9. The molecular formula is C15H24N2OS. The third-order valence-electron chi connectivity index (χ3n) is 4.06. The van der Waals surface area contributed by atoms with Crippen molar-refractivity contribution in [1.82, 2.24) is 10.2 Å². The lowest BCUT2D eigenvalue weighted by atomic mass is 9.89. The van der Waals surface area contributed by atoms with Gasteiger partial charge in [-0.15, -0.1) is 0 Å². The van der Waals surface area contributed by atoms with Crippen molar-refractivity contribution in [3.8, 4) is 0 Å². The summed E-state index contributed by atoms with van der Waals surface area (Å²) in [7, 11) is 0. The van der Waals surface area contributed by atoms with Crippen LogP contribution in [0.25, 0.3) is 0 Å².